The zero-order valence-electron chi connectivity index (χ0n) is 13.6. The number of nitrogens with zero attached hydrogens (tertiary/aromatic N) is 3. The first-order chi connectivity index (χ1) is 11.0. The average Bonchev–Trinajstić information content (AvgIpc) is 3.09. The van der Waals surface area contributed by atoms with Crippen molar-refractivity contribution in [2.24, 2.45) is 7.05 Å². The number of aryl methyl sites for hydroxylation is 2. The Morgan fingerprint density at radius 1 is 1.39 bits per heavy atom. The monoisotopic (exact) mass is 328 g/mol. The van der Waals surface area contributed by atoms with Crippen LogP contribution in [0.4, 0.5) is 0 Å². The van der Waals surface area contributed by atoms with E-state index >= 15 is 0 Å². The number of fused-ring (bicyclic) bond motifs is 1. The molecule has 0 atom stereocenters. The summed E-state index contributed by atoms with van der Waals surface area (Å²) in [7, 11) is 1.93. The largest absolute Gasteiger partial charge is 0.349 e. The van der Waals surface area contributed by atoms with Gasteiger partial charge in [0.25, 0.3) is 5.91 Å². The minimum absolute atomic E-state index is 0.00757. The Kier molecular flexibility index (Phi) is 3.30. The number of carbonyl (C=O) groups excluding carboxylic acids is 1. The summed E-state index contributed by atoms with van der Waals surface area (Å²) in [5, 5.41) is 8.57. The second kappa shape index (κ2) is 5.23. The molecule has 0 spiro atoms. The van der Waals surface area contributed by atoms with Crippen LogP contribution in [0.15, 0.2) is 18.5 Å². The Labute approximate surface area is 138 Å². The van der Waals surface area contributed by atoms with Crippen molar-refractivity contribution in [1.29, 1.82) is 0 Å². The highest BCUT2D eigenvalue weighted by Crippen LogP contribution is 2.38. The molecule has 0 unspecified atom stereocenters. The molecule has 0 radical (unpaired) electrons. The molecular formula is C17H20N4OS. The molecule has 1 aliphatic carbocycles. The van der Waals surface area contributed by atoms with E-state index in [1.807, 2.05) is 31.6 Å². The third-order valence-corrected chi connectivity index (χ3v) is 5.71. The molecule has 4 rings (SSSR count). The van der Waals surface area contributed by atoms with Crippen molar-refractivity contribution in [3.63, 3.8) is 0 Å². The number of aromatic nitrogens is 3. The summed E-state index contributed by atoms with van der Waals surface area (Å²) in [6.45, 7) is 4.52. The van der Waals surface area contributed by atoms with Crippen molar-refractivity contribution < 1.29 is 4.79 Å². The smallest absolute Gasteiger partial charge is 0.261 e. The molecule has 1 amide bonds. The average molecular weight is 328 g/mol. The fraction of sp³-hybridized carbons (Fsp3) is 0.412. The fourth-order valence-corrected chi connectivity index (χ4v) is 3.97. The Bertz CT molecular complexity index is 866. The van der Waals surface area contributed by atoms with Crippen LogP contribution < -0.4 is 5.32 Å². The predicted octanol–water partition coefficient (Wildman–Crippen LogP) is 3.32. The summed E-state index contributed by atoms with van der Waals surface area (Å²) in [6, 6.07) is 2.68. The zero-order valence-corrected chi connectivity index (χ0v) is 14.4. The van der Waals surface area contributed by atoms with Gasteiger partial charge < -0.3 is 9.88 Å². The van der Waals surface area contributed by atoms with Crippen LogP contribution in [0.25, 0.3) is 10.1 Å². The number of nitrogens with one attached hydrogen (secondary N) is 1. The Morgan fingerprint density at radius 2 is 2.17 bits per heavy atom. The Balaban J connectivity index is 1.49. The molecule has 3 heterocycles. The number of thiophene rings is 1. The molecule has 1 aliphatic rings. The standard InChI is InChI=1S/C17H20N4OS/c1-10-14(11(2)20(3)19-10)7-18-17(22)15-6-12-8-21(13-4-5-13)9-16(12)23-15/h6,8-9,13H,4-5,7H2,1-3H3,(H,18,22). The number of hydrogen-bond acceptors (Lipinski definition) is 3. The van der Waals surface area contributed by atoms with Crippen LogP contribution in [-0.4, -0.2) is 20.3 Å². The van der Waals surface area contributed by atoms with Crippen molar-refractivity contribution in [3.05, 3.63) is 40.3 Å². The molecule has 0 aliphatic heterocycles. The van der Waals surface area contributed by atoms with E-state index in [0.29, 0.717) is 12.6 Å². The summed E-state index contributed by atoms with van der Waals surface area (Å²) in [6.07, 6.45) is 6.89. The topological polar surface area (TPSA) is 51.9 Å². The van der Waals surface area contributed by atoms with Gasteiger partial charge in [-0.05, 0) is 32.8 Å². The van der Waals surface area contributed by atoms with Crippen molar-refractivity contribution in [2.75, 3.05) is 0 Å². The molecule has 0 bridgehead atoms. The van der Waals surface area contributed by atoms with Crippen molar-refractivity contribution in [1.82, 2.24) is 19.7 Å². The molecule has 5 nitrogen and oxygen atoms in total. The fourth-order valence-electron chi connectivity index (χ4n) is 2.98. The molecule has 1 saturated carbocycles. The summed E-state index contributed by atoms with van der Waals surface area (Å²) < 4.78 is 5.33. The van der Waals surface area contributed by atoms with E-state index in [0.717, 1.165) is 21.8 Å². The second-order valence-corrected chi connectivity index (χ2v) is 7.41. The van der Waals surface area contributed by atoms with Crippen LogP contribution in [0.2, 0.25) is 0 Å². The first kappa shape index (κ1) is 14.5. The lowest BCUT2D eigenvalue weighted by Gasteiger charge is -2.04. The second-order valence-electron chi connectivity index (χ2n) is 6.32. The van der Waals surface area contributed by atoms with E-state index in [1.165, 1.54) is 22.9 Å². The van der Waals surface area contributed by atoms with Gasteiger partial charge in [0.15, 0.2) is 0 Å². The van der Waals surface area contributed by atoms with Gasteiger partial charge in [-0.2, -0.15) is 5.10 Å². The molecule has 3 aromatic rings. The Morgan fingerprint density at radius 3 is 2.78 bits per heavy atom. The molecule has 6 heteroatoms. The first-order valence-electron chi connectivity index (χ1n) is 7.91. The number of carbonyl (C=O) groups is 1. The van der Waals surface area contributed by atoms with Gasteiger partial charge in [-0.1, -0.05) is 0 Å². The highest BCUT2D eigenvalue weighted by atomic mass is 32.1. The van der Waals surface area contributed by atoms with Crippen LogP contribution in [0.5, 0.6) is 0 Å². The summed E-state index contributed by atoms with van der Waals surface area (Å²) >= 11 is 1.57. The van der Waals surface area contributed by atoms with Gasteiger partial charge in [-0.15, -0.1) is 11.3 Å². The van der Waals surface area contributed by atoms with Gasteiger partial charge in [0.1, 0.15) is 0 Å². The van der Waals surface area contributed by atoms with Gasteiger partial charge in [-0.25, -0.2) is 0 Å². The third-order valence-electron chi connectivity index (χ3n) is 4.62. The lowest BCUT2D eigenvalue weighted by atomic mass is 10.2. The highest BCUT2D eigenvalue weighted by Gasteiger charge is 2.24. The van der Waals surface area contributed by atoms with Gasteiger partial charge in [0, 0.05) is 48.7 Å². The minimum Gasteiger partial charge on any atom is -0.349 e. The molecule has 0 saturated heterocycles. The molecule has 1 N–H and O–H groups in total. The summed E-state index contributed by atoms with van der Waals surface area (Å²) in [5.41, 5.74) is 3.17. The number of hydrogen-bond donors (Lipinski definition) is 1. The van der Waals surface area contributed by atoms with Crippen LogP contribution in [-0.2, 0) is 13.6 Å². The van der Waals surface area contributed by atoms with E-state index in [-0.39, 0.29) is 5.91 Å². The van der Waals surface area contributed by atoms with Crippen LogP contribution in [0.1, 0.15) is 45.5 Å². The number of rotatable bonds is 4. The van der Waals surface area contributed by atoms with Crippen LogP contribution in [0, 0.1) is 13.8 Å². The third kappa shape index (κ3) is 2.57. The van der Waals surface area contributed by atoms with Gasteiger partial charge in [-0.3, -0.25) is 9.48 Å². The molecule has 1 fully saturated rings. The van der Waals surface area contributed by atoms with Gasteiger partial charge >= 0.3 is 0 Å². The Hall–Kier alpha value is -2.08. The van der Waals surface area contributed by atoms with E-state index in [9.17, 15) is 4.79 Å². The molecule has 23 heavy (non-hydrogen) atoms. The molecule has 3 aromatic heterocycles. The van der Waals surface area contributed by atoms with E-state index in [1.54, 1.807) is 11.3 Å². The van der Waals surface area contributed by atoms with Crippen LogP contribution >= 0.6 is 11.3 Å². The van der Waals surface area contributed by atoms with E-state index < -0.39 is 0 Å². The maximum absolute atomic E-state index is 12.4. The van der Waals surface area contributed by atoms with Crippen molar-refractivity contribution in [2.45, 2.75) is 39.3 Å². The quantitative estimate of drug-likeness (QED) is 0.799. The predicted molar refractivity (Wildman–Crippen MR) is 91.9 cm³/mol. The maximum atomic E-state index is 12.4. The first-order valence-corrected chi connectivity index (χ1v) is 8.73. The zero-order chi connectivity index (χ0) is 16.1. The SMILES string of the molecule is Cc1nn(C)c(C)c1CNC(=O)c1cc2cn(C3CC3)cc2s1. The normalized spacial score (nSPS) is 14.6. The summed E-state index contributed by atoms with van der Waals surface area (Å²) in [5.74, 6) is -0.00757. The van der Waals surface area contributed by atoms with Gasteiger partial charge in [0.05, 0.1) is 15.3 Å². The van der Waals surface area contributed by atoms with Crippen molar-refractivity contribution in [3.8, 4) is 0 Å². The van der Waals surface area contributed by atoms with E-state index in [2.05, 4.69) is 27.4 Å². The minimum atomic E-state index is -0.00757. The lowest BCUT2D eigenvalue weighted by molar-refractivity contribution is 0.0955. The van der Waals surface area contributed by atoms with Crippen molar-refractivity contribution >= 4 is 27.3 Å². The van der Waals surface area contributed by atoms with Gasteiger partial charge in [0.2, 0.25) is 0 Å². The number of amides is 1. The summed E-state index contributed by atoms with van der Waals surface area (Å²) in [4.78, 5) is 13.2. The molecule has 120 valence electrons. The van der Waals surface area contributed by atoms with E-state index in [4.69, 9.17) is 0 Å². The van der Waals surface area contributed by atoms with Crippen LogP contribution in [0.3, 0.4) is 0 Å². The lowest BCUT2D eigenvalue weighted by Crippen LogP contribution is -2.22. The molecule has 0 aromatic carbocycles. The molecular weight excluding hydrogens is 308 g/mol. The highest BCUT2D eigenvalue weighted by molar-refractivity contribution is 7.20. The maximum Gasteiger partial charge on any atom is 0.261 e.